The molecule has 6 heteroatoms. The zero-order valence-electron chi connectivity index (χ0n) is 14.8. The van der Waals surface area contributed by atoms with E-state index in [-0.39, 0.29) is 10.7 Å². The maximum absolute atomic E-state index is 13.1. The van der Waals surface area contributed by atoms with E-state index in [4.69, 9.17) is 0 Å². The van der Waals surface area contributed by atoms with Gasteiger partial charge in [-0.25, -0.2) is 4.39 Å². The van der Waals surface area contributed by atoms with Crippen LogP contribution in [0, 0.1) is 12.7 Å². The zero-order chi connectivity index (χ0) is 19.3. The number of nitrogens with one attached hydrogen (secondary N) is 2. The minimum Gasteiger partial charge on any atom is -0.269 e. The van der Waals surface area contributed by atoms with E-state index in [1.807, 2.05) is 30.3 Å². The molecule has 0 unspecified atom stereocenters. The highest BCUT2D eigenvalue weighted by molar-refractivity contribution is 7.90. The normalized spacial score (nSPS) is 12.0. The number of sulfonamides is 1. The Bertz CT molecular complexity index is 1050. The summed E-state index contributed by atoms with van der Waals surface area (Å²) in [5.41, 5.74) is 2.20. The molecule has 2 N–H and O–H groups in total. The van der Waals surface area contributed by atoms with Crippen molar-refractivity contribution in [2.24, 2.45) is 0 Å². The third-order valence-corrected chi connectivity index (χ3v) is 5.57. The van der Waals surface area contributed by atoms with Gasteiger partial charge in [-0.1, -0.05) is 48.5 Å². The van der Waals surface area contributed by atoms with Crippen LogP contribution in [0.4, 0.5) is 4.39 Å². The van der Waals surface area contributed by atoms with Crippen molar-refractivity contribution in [3.63, 3.8) is 0 Å². The van der Waals surface area contributed by atoms with Crippen LogP contribution in [0.15, 0.2) is 83.8 Å². The molecule has 0 spiro atoms. The lowest BCUT2D eigenvalue weighted by Gasteiger charge is -2.07. The summed E-state index contributed by atoms with van der Waals surface area (Å²) in [6.07, 6.45) is 0. The number of halogens is 1. The predicted octanol–water partition coefficient (Wildman–Crippen LogP) is 2.14. The SMILES string of the molecule is Cc1ccccc1S(=O)(=O)NC(=[NH+]Cc1ccc(F)cc1)c1ccccc1. The average Bonchev–Trinajstić information content (AvgIpc) is 2.67. The summed E-state index contributed by atoms with van der Waals surface area (Å²) in [5, 5.41) is 0. The molecule has 0 fully saturated rings. The third kappa shape index (κ3) is 4.80. The van der Waals surface area contributed by atoms with Gasteiger partial charge >= 0.3 is 10.0 Å². The summed E-state index contributed by atoms with van der Waals surface area (Å²) in [4.78, 5) is 3.35. The van der Waals surface area contributed by atoms with Crippen LogP contribution >= 0.6 is 0 Å². The lowest BCUT2D eigenvalue weighted by molar-refractivity contribution is -0.476. The highest BCUT2D eigenvalue weighted by Gasteiger charge is 2.24. The molecule has 0 radical (unpaired) electrons. The van der Waals surface area contributed by atoms with E-state index in [9.17, 15) is 12.8 Å². The minimum absolute atomic E-state index is 0.224. The van der Waals surface area contributed by atoms with Crippen LogP contribution in [0.25, 0.3) is 0 Å². The summed E-state index contributed by atoms with van der Waals surface area (Å²) in [6.45, 7) is 2.10. The van der Waals surface area contributed by atoms with E-state index in [0.717, 1.165) is 5.56 Å². The van der Waals surface area contributed by atoms with Gasteiger partial charge in [0.1, 0.15) is 17.3 Å². The van der Waals surface area contributed by atoms with E-state index in [1.54, 1.807) is 43.3 Å². The molecule has 0 saturated carbocycles. The number of hydrogen-bond acceptors (Lipinski definition) is 2. The first-order valence-electron chi connectivity index (χ1n) is 8.45. The van der Waals surface area contributed by atoms with Crippen molar-refractivity contribution in [2.45, 2.75) is 18.4 Å². The average molecular weight is 383 g/mol. The standard InChI is InChI=1S/C21H19FN2O2S/c1-16-7-5-6-10-20(16)27(25,26)24-21(18-8-3-2-4-9-18)23-15-17-11-13-19(22)14-12-17/h2-14H,15H2,1H3,(H,23,24)/p+1. The summed E-state index contributed by atoms with van der Waals surface area (Å²) in [6, 6.07) is 22.0. The summed E-state index contributed by atoms with van der Waals surface area (Å²) in [7, 11) is -3.76. The van der Waals surface area contributed by atoms with Crippen LogP contribution in [0.2, 0.25) is 0 Å². The van der Waals surface area contributed by atoms with Crippen LogP contribution in [0.3, 0.4) is 0 Å². The van der Waals surface area contributed by atoms with Crippen LogP contribution in [-0.4, -0.2) is 14.3 Å². The Kier molecular flexibility index (Phi) is 5.66. The first kappa shape index (κ1) is 18.8. The molecule has 138 valence electrons. The summed E-state index contributed by atoms with van der Waals surface area (Å²) in [5.74, 6) is 0.0504. The molecule has 0 amide bonds. The van der Waals surface area contributed by atoms with Gasteiger partial charge in [-0.05, 0) is 48.4 Å². The van der Waals surface area contributed by atoms with Crippen molar-refractivity contribution in [3.05, 3.63) is 101 Å². The second-order valence-electron chi connectivity index (χ2n) is 6.09. The first-order valence-corrected chi connectivity index (χ1v) is 9.93. The molecular weight excluding hydrogens is 363 g/mol. The monoisotopic (exact) mass is 383 g/mol. The van der Waals surface area contributed by atoms with Gasteiger partial charge in [0.15, 0.2) is 0 Å². The molecule has 0 aliphatic carbocycles. The van der Waals surface area contributed by atoms with Crippen LogP contribution < -0.4 is 9.71 Å². The molecule has 4 nitrogen and oxygen atoms in total. The van der Waals surface area contributed by atoms with Gasteiger partial charge in [0.05, 0.1) is 5.56 Å². The quantitative estimate of drug-likeness (QED) is 0.524. The van der Waals surface area contributed by atoms with Gasteiger partial charge in [-0.3, -0.25) is 4.99 Å². The Labute approximate surface area is 158 Å². The number of amidine groups is 1. The molecule has 27 heavy (non-hydrogen) atoms. The molecule has 0 atom stereocenters. The van der Waals surface area contributed by atoms with Crippen molar-refractivity contribution >= 4 is 15.9 Å². The van der Waals surface area contributed by atoms with E-state index in [0.29, 0.717) is 23.5 Å². The number of benzene rings is 3. The fourth-order valence-electron chi connectivity index (χ4n) is 2.64. The maximum atomic E-state index is 13.1. The Morgan fingerprint density at radius 1 is 0.926 bits per heavy atom. The smallest absolute Gasteiger partial charge is 0.269 e. The van der Waals surface area contributed by atoms with Crippen molar-refractivity contribution in [3.8, 4) is 0 Å². The van der Waals surface area contributed by atoms with Crippen molar-refractivity contribution in [1.82, 2.24) is 4.72 Å². The number of rotatable bonds is 5. The van der Waals surface area contributed by atoms with Gasteiger partial charge in [0.25, 0.3) is 5.84 Å². The fraction of sp³-hybridized carbons (Fsp3) is 0.0952. The summed E-state index contributed by atoms with van der Waals surface area (Å²) >= 11 is 0. The van der Waals surface area contributed by atoms with Crippen LogP contribution in [0.1, 0.15) is 16.7 Å². The van der Waals surface area contributed by atoms with Gasteiger partial charge in [-0.15, -0.1) is 0 Å². The molecule has 0 heterocycles. The topological polar surface area (TPSA) is 60.1 Å². The second-order valence-corrected chi connectivity index (χ2v) is 7.74. The lowest BCUT2D eigenvalue weighted by atomic mass is 10.2. The fourth-order valence-corrected chi connectivity index (χ4v) is 3.96. The van der Waals surface area contributed by atoms with Crippen LogP contribution in [0.5, 0.6) is 0 Å². The van der Waals surface area contributed by atoms with E-state index >= 15 is 0 Å². The Morgan fingerprint density at radius 2 is 1.56 bits per heavy atom. The van der Waals surface area contributed by atoms with Gasteiger partial charge in [0.2, 0.25) is 0 Å². The van der Waals surface area contributed by atoms with Crippen molar-refractivity contribution in [1.29, 1.82) is 0 Å². The molecular formula is C21H20FN2O2S+. The first-order chi connectivity index (χ1) is 13.0. The Hall–Kier alpha value is -2.99. The third-order valence-electron chi connectivity index (χ3n) is 4.06. The molecule has 0 aliphatic heterocycles. The maximum Gasteiger partial charge on any atom is 0.329 e. The highest BCUT2D eigenvalue weighted by Crippen LogP contribution is 2.14. The van der Waals surface area contributed by atoms with Gasteiger partial charge < -0.3 is 0 Å². The molecule has 3 rings (SSSR count). The van der Waals surface area contributed by atoms with Crippen LogP contribution in [-0.2, 0) is 16.6 Å². The van der Waals surface area contributed by atoms with Gasteiger partial charge in [-0.2, -0.15) is 13.1 Å². The van der Waals surface area contributed by atoms with Gasteiger partial charge in [0, 0.05) is 0 Å². The molecule has 0 aliphatic rings. The highest BCUT2D eigenvalue weighted by atomic mass is 32.2. The van der Waals surface area contributed by atoms with Crippen molar-refractivity contribution < 1.29 is 17.8 Å². The largest absolute Gasteiger partial charge is 0.329 e. The molecule has 0 aromatic heterocycles. The summed E-state index contributed by atoms with van der Waals surface area (Å²) < 4.78 is 41.5. The molecule has 0 saturated heterocycles. The molecule has 0 bridgehead atoms. The van der Waals surface area contributed by atoms with E-state index in [1.165, 1.54) is 12.1 Å². The van der Waals surface area contributed by atoms with Crippen molar-refractivity contribution in [2.75, 3.05) is 0 Å². The predicted molar refractivity (Wildman–Crippen MR) is 103 cm³/mol. The van der Waals surface area contributed by atoms with E-state index in [2.05, 4.69) is 9.71 Å². The Balaban J connectivity index is 1.94. The molecule has 3 aromatic carbocycles. The number of hydrogen-bond donors (Lipinski definition) is 2. The Morgan fingerprint density at radius 3 is 2.22 bits per heavy atom. The zero-order valence-corrected chi connectivity index (χ0v) is 15.6. The molecule has 3 aromatic rings. The minimum atomic E-state index is -3.76. The van der Waals surface area contributed by atoms with E-state index < -0.39 is 10.0 Å². The second kappa shape index (κ2) is 8.14. The lowest BCUT2D eigenvalue weighted by Crippen LogP contribution is -2.75. The number of aryl methyl sites for hydroxylation is 1.